The van der Waals surface area contributed by atoms with Gasteiger partial charge in [-0.25, -0.2) is 4.39 Å². The molecule has 0 amide bonds. The quantitative estimate of drug-likeness (QED) is 0.534. The van der Waals surface area contributed by atoms with Crippen LogP contribution in [0.3, 0.4) is 0 Å². The fraction of sp³-hybridized carbons (Fsp3) is 0.364. The average Bonchev–Trinajstić information content (AvgIpc) is 2.16. The average molecular weight is 214 g/mol. The second-order valence-electron chi connectivity index (χ2n) is 3.02. The highest BCUT2D eigenvalue weighted by molar-refractivity contribution is 6.33. The maximum absolute atomic E-state index is 13.2. The molecule has 1 rings (SSSR count). The van der Waals surface area contributed by atoms with Crippen molar-refractivity contribution in [3.8, 4) is 0 Å². The van der Waals surface area contributed by atoms with Gasteiger partial charge in [0, 0.05) is 18.3 Å². The van der Waals surface area contributed by atoms with E-state index in [0.29, 0.717) is 10.6 Å². The van der Waals surface area contributed by atoms with Crippen molar-refractivity contribution in [3.63, 3.8) is 0 Å². The van der Waals surface area contributed by atoms with Crippen molar-refractivity contribution in [2.45, 2.75) is 19.8 Å². The highest BCUT2D eigenvalue weighted by atomic mass is 35.5. The van der Waals surface area contributed by atoms with Crippen LogP contribution in [0, 0.1) is 5.82 Å². The molecule has 0 aliphatic heterocycles. The van der Waals surface area contributed by atoms with Crippen molar-refractivity contribution < 1.29 is 4.39 Å². The molecule has 0 aliphatic rings. The molecule has 0 atom stereocenters. The Kier molecular flexibility index (Phi) is 4.60. The van der Waals surface area contributed by atoms with Crippen LogP contribution in [0.4, 0.5) is 4.39 Å². The lowest BCUT2D eigenvalue weighted by Crippen LogP contribution is -1.90. The molecule has 0 saturated heterocycles. The normalized spacial score (nSPS) is 11.1. The van der Waals surface area contributed by atoms with Crippen LogP contribution in [0.2, 0.25) is 5.02 Å². The van der Waals surface area contributed by atoms with Gasteiger partial charge in [0.2, 0.25) is 0 Å². The number of aliphatic imine (C=N–C) groups is 1. The van der Waals surface area contributed by atoms with Gasteiger partial charge in [-0.05, 0) is 18.6 Å². The Bertz CT molecular complexity index is 303. The minimum atomic E-state index is -0.322. The number of nitrogens with zero attached hydrogens (tertiary/aromatic N) is 1. The summed E-state index contributed by atoms with van der Waals surface area (Å²) in [6, 6.07) is 4.62. The largest absolute Gasteiger partial charge is 0.292 e. The highest BCUT2D eigenvalue weighted by Crippen LogP contribution is 2.16. The van der Waals surface area contributed by atoms with Gasteiger partial charge in [0.1, 0.15) is 5.82 Å². The van der Waals surface area contributed by atoms with Crippen LogP contribution in [-0.2, 0) is 0 Å². The topological polar surface area (TPSA) is 12.4 Å². The van der Waals surface area contributed by atoms with Crippen molar-refractivity contribution in [2.24, 2.45) is 4.99 Å². The molecule has 0 bridgehead atoms. The summed E-state index contributed by atoms with van der Waals surface area (Å²) in [5, 5.41) is 0.408. The zero-order valence-corrected chi connectivity index (χ0v) is 8.89. The Hall–Kier alpha value is -0.890. The number of halogens is 2. The molecule has 0 heterocycles. The monoisotopic (exact) mass is 213 g/mol. The molecule has 0 aliphatic carbocycles. The summed E-state index contributed by atoms with van der Waals surface area (Å²) in [7, 11) is 0. The van der Waals surface area contributed by atoms with E-state index < -0.39 is 0 Å². The van der Waals surface area contributed by atoms with Crippen molar-refractivity contribution in [3.05, 3.63) is 34.6 Å². The molecule has 3 heteroatoms. The smallest absolute Gasteiger partial charge is 0.133 e. The molecule has 14 heavy (non-hydrogen) atoms. The molecule has 0 fully saturated rings. The lowest BCUT2D eigenvalue weighted by Gasteiger charge is -1.98. The zero-order chi connectivity index (χ0) is 10.4. The Labute approximate surface area is 88.6 Å². The highest BCUT2D eigenvalue weighted by Gasteiger charge is 2.02. The molecule has 0 radical (unpaired) electrons. The van der Waals surface area contributed by atoms with Crippen molar-refractivity contribution >= 4 is 17.8 Å². The molecular weight excluding hydrogens is 201 g/mol. The van der Waals surface area contributed by atoms with Crippen LogP contribution < -0.4 is 0 Å². The van der Waals surface area contributed by atoms with E-state index in [0.717, 1.165) is 19.4 Å². The summed E-state index contributed by atoms with van der Waals surface area (Å²) in [5.74, 6) is -0.322. The fourth-order valence-corrected chi connectivity index (χ4v) is 1.25. The predicted octanol–water partition coefficient (Wildman–Crippen LogP) is 3.70. The summed E-state index contributed by atoms with van der Waals surface area (Å²) >= 11 is 5.81. The van der Waals surface area contributed by atoms with Gasteiger partial charge in [-0.3, -0.25) is 4.99 Å². The fourth-order valence-electron chi connectivity index (χ4n) is 1.04. The van der Waals surface area contributed by atoms with Gasteiger partial charge < -0.3 is 0 Å². The van der Waals surface area contributed by atoms with Gasteiger partial charge in [0.15, 0.2) is 0 Å². The second kappa shape index (κ2) is 5.76. The number of hydrogen-bond donors (Lipinski definition) is 0. The van der Waals surface area contributed by atoms with Gasteiger partial charge in [-0.15, -0.1) is 0 Å². The first-order chi connectivity index (χ1) is 6.75. The van der Waals surface area contributed by atoms with Crippen molar-refractivity contribution in [1.82, 2.24) is 0 Å². The standard InChI is InChI=1S/C11H13ClFN/c1-2-3-7-14-8-9-10(12)5-4-6-11(9)13/h4-6,8H,2-3,7H2,1H3. The molecule has 76 valence electrons. The lowest BCUT2D eigenvalue weighted by molar-refractivity contribution is 0.626. The molecule has 0 unspecified atom stereocenters. The Balaban J connectivity index is 2.70. The Morgan fingerprint density at radius 3 is 2.93 bits per heavy atom. The van der Waals surface area contributed by atoms with E-state index >= 15 is 0 Å². The molecule has 1 aromatic rings. The first-order valence-electron chi connectivity index (χ1n) is 4.69. The SMILES string of the molecule is CCCCN=Cc1c(F)cccc1Cl. The lowest BCUT2D eigenvalue weighted by atomic mass is 10.2. The first-order valence-corrected chi connectivity index (χ1v) is 5.07. The van der Waals surface area contributed by atoms with Crippen LogP contribution >= 0.6 is 11.6 Å². The van der Waals surface area contributed by atoms with E-state index in [1.54, 1.807) is 12.1 Å². The van der Waals surface area contributed by atoms with Gasteiger partial charge in [0.25, 0.3) is 0 Å². The summed E-state index contributed by atoms with van der Waals surface area (Å²) in [4.78, 5) is 4.10. The van der Waals surface area contributed by atoms with Crippen LogP contribution in [-0.4, -0.2) is 12.8 Å². The van der Waals surface area contributed by atoms with Crippen molar-refractivity contribution in [2.75, 3.05) is 6.54 Å². The van der Waals surface area contributed by atoms with Crippen LogP contribution in [0.5, 0.6) is 0 Å². The van der Waals surface area contributed by atoms with Crippen LogP contribution in [0.1, 0.15) is 25.3 Å². The molecule has 0 spiro atoms. The van der Waals surface area contributed by atoms with Gasteiger partial charge in [-0.2, -0.15) is 0 Å². The van der Waals surface area contributed by atoms with E-state index in [1.807, 2.05) is 0 Å². The Morgan fingerprint density at radius 2 is 2.29 bits per heavy atom. The van der Waals surface area contributed by atoms with E-state index in [4.69, 9.17) is 11.6 Å². The number of benzene rings is 1. The number of unbranched alkanes of at least 4 members (excludes halogenated alkanes) is 1. The maximum Gasteiger partial charge on any atom is 0.133 e. The molecule has 0 aromatic heterocycles. The number of rotatable bonds is 4. The molecular formula is C11H13ClFN. The van der Waals surface area contributed by atoms with E-state index in [-0.39, 0.29) is 5.82 Å². The predicted molar refractivity (Wildman–Crippen MR) is 58.8 cm³/mol. The summed E-state index contributed by atoms with van der Waals surface area (Å²) in [5.41, 5.74) is 0.380. The second-order valence-corrected chi connectivity index (χ2v) is 3.43. The van der Waals surface area contributed by atoms with Crippen LogP contribution in [0.15, 0.2) is 23.2 Å². The summed E-state index contributed by atoms with van der Waals surface area (Å²) in [6.45, 7) is 2.81. The summed E-state index contributed by atoms with van der Waals surface area (Å²) in [6.07, 6.45) is 3.61. The minimum Gasteiger partial charge on any atom is -0.292 e. The molecule has 0 saturated carbocycles. The third-order valence-corrected chi connectivity index (χ3v) is 2.19. The van der Waals surface area contributed by atoms with Gasteiger partial charge in [0.05, 0.1) is 5.02 Å². The molecule has 1 nitrogen and oxygen atoms in total. The molecule has 1 aromatic carbocycles. The van der Waals surface area contributed by atoms with E-state index in [2.05, 4.69) is 11.9 Å². The number of hydrogen-bond acceptors (Lipinski definition) is 1. The van der Waals surface area contributed by atoms with Crippen LogP contribution in [0.25, 0.3) is 0 Å². The first kappa shape index (κ1) is 11.2. The minimum absolute atomic E-state index is 0.322. The van der Waals surface area contributed by atoms with E-state index in [9.17, 15) is 4.39 Å². The molecule has 0 N–H and O–H groups in total. The third kappa shape index (κ3) is 3.11. The van der Waals surface area contributed by atoms with Crippen molar-refractivity contribution in [1.29, 1.82) is 0 Å². The summed E-state index contributed by atoms with van der Waals surface area (Å²) < 4.78 is 13.2. The van der Waals surface area contributed by atoms with E-state index in [1.165, 1.54) is 12.3 Å². The maximum atomic E-state index is 13.2. The zero-order valence-electron chi connectivity index (χ0n) is 8.13. The van der Waals surface area contributed by atoms with Gasteiger partial charge in [-0.1, -0.05) is 31.0 Å². The Morgan fingerprint density at radius 1 is 1.50 bits per heavy atom. The van der Waals surface area contributed by atoms with Gasteiger partial charge >= 0.3 is 0 Å². The third-order valence-electron chi connectivity index (χ3n) is 1.86.